The first kappa shape index (κ1) is 20.9. The van der Waals surface area contributed by atoms with Gasteiger partial charge in [-0.15, -0.1) is 0 Å². The molecule has 0 amide bonds. The highest BCUT2D eigenvalue weighted by molar-refractivity contribution is 6.36. The number of hydrogen-bond acceptors (Lipinski definition) is 4. The molecule has 1 aromatic heterocycles. The maximum atomic E-state index is 6.41. The van der Waals surface area contributed by atoms with Crippen molar-refractivity contribution < 1.29 is 4.74 Å². The fourth-order valence-corrected chi connectivity index (χ4v) is 4.46. The summed E-state index contributed by atoms with van der Waals surface area (Å²) in [6.07, 6.45) is 2.62. The molecule has 2 unspecified atom stereocenters. The summed E-state index contributed by atoms with van der Waals surface area (Å²) in [5, 5.41) is 4.69. The van der Waals surface area contributed by atoms with Gasteiger partial charge in [-0.2, -0.15) is 0 Å². The molecule has 0 saturated carbocycles. The van der Waals surface area contributed by atoms with Crippen molar-refractivity contribution in [2.75, 3.05) is 11.9 Å². The Kier molecular flexibility index (Phi) is 6.09. The lowest BCUT2D eigenvalue weighted by Crippen LogP contribution is -2.25. The van der Waals surface area contributed by atoms with Crippen molar-refractivity contribution >= 4 is 35.1 Å². The Balaban J connectivity index is 1.73. The molecule has 0 fully saturated rings. The fraction of sp³-hybridized carbons (Fsp3) is 0.250. The maximum Gasteiger partial charge on any atom is 0.152 e. The number of nitrogens with zero attached hydrogens (tertiary/aromatic N) is 2. The summed E-state index contributed by atoms with van der Waals surface area (Å²) in [5.41, 5.74) is 5.47. The van der Waals surface area contributed by atoms with Crippen LogP contribution in [0.5, 0.6) is 0 Å². The van der Waals surface area contributed by atoms with Gasteiger partial charge in [0.05, 0.1) is 28.6 Å². The van der Waals surface area contributed by atoms with Crippen molar-refractivity contribution in [1.29, 1.82) is 0 Å². The van der Waals surface area contributed by atoms with Crippen LogP contribution >= 0.6 is 23.2 Å². The summed E-state index contributed by atoms with van der Waals surface area (Å²) < 4.78 is 6.03. The maximum absolute atomic E-state index is 6.41. The number of fused-ring (bicyclic) bond motifs is 1. The van der Waals surface area contributed by atoms with E-state index in [1.54, 1.807) is 18.2 Å². The van der Waals surface area contributed by atoms with E-state index < -0.39 is 0 Å². The summed E-state index contributed by atoms with van der Waals surface area (Å²) in [6, 6.07) is 13.8. The van der Waals surface area contributed by atoms with Gasteiger partial charge < -0.3 is 10.1 Å². The van der Waals surface area contributed by atoms with Crippen molar-refractivity contribution in [2.45, 2.75) is 32.4 Å². The molecule has 4 nitrogen and oxygen atoms in total. The summed E-state index contributed by atoms with van der Waals surface area (Å²) in [6.45, 7) is 8.54. The predicted octanol–water partition coefficient (Wildman–Crippen LogP) is 6.52. The topological polar surface area (TPSA) is 47.0 Å². The van der Waals surface area contributed by atoms with Crippen molar-refractivity contribution in [3.8, 4) is 11.3 Å². The van der Waals surface area contributed by atoms with Crippen LogP contribution in [0, 0.1) is 6.92 Å². The second kappa shape index (κ2) is 8.76. The van der Waals surface area contributed by atoms with Crippen LogP contribution in [0.4, 0.5) is 5.82 Å². The van der Waals surface area contributed by atoms with Gasteiger partial charge in [-0.1, -0.05) is 54.0 Å². The molecule has 0 bridgehead atoms. The molecule has 30 heavy (non-hydrogen) atoms. The van der Waals surface area contributed by atoms with Gasteiger partial charge >= 0.3 is 0 Å². The second-order valence-electron chi connectivity index (χ2n) is 7.24. The molecule has 3 aromatic rings. The molecular weight excluding hydrogens is 417 g/mol. The smallest absolute Gasteiger partial charge is 0.152 e. The number of hydrogen-bond donors (Lipinski definition) is 1. The van der Waals surface area contributed by atoms with E-state index >= 15 is 0 Å². The van der Waals surface area contributed by atoms with Gasteiger partial charge in [0.1, 0.15) is 5.69 Å². The molecule has 1 N–H and O–H groups in total. The third-order valence-electron chi connectivity index (χ3n) is 5.33. The first-order valence-electron chi connectivity index (χ1n) is 9.94. The average molecular weight is 440 g/mol. The number of rotatable bonds is 6. The Labute approximate surface area is 186 Å². The van der Waals surface area contributed by atoms with Crippen LogP contribution in [0.15, 0.2) is 49.0 Å². The number of aromatic nitrogens is 2. The van der Waals surface area contributed by atoms with E-state index in [2.05, 4.69) is 36.2 Å². The van der Waals surface area contributed by atoms with E-state index in [0.717, 1.165) is 17.7 Å². The molecule has 2 aromatic carbocycles. The summed E-state index contributed by atoms with van der Waals surface area (Å²) in [7, 11) is 0. The number of benzene rings is 2. The van der Waals surface area contributed by atoms with Crippen LogP contribution in [0.25, 0.3) is 17.3 Å². The number of aryl methyl sites for hydroxylation is 1. The van der Waals surface area contributed by atoms with Crippen LogP contribution in [0.2, 0.25) is 10.0 Å². The van der Waals surface area contributed by atoms with Gasteiger partial charge in [-0.05, 0) is 49.2 Å². The van der Waals surface area contributed by atoms with Crippen molar-refractivity contribution in [1.82, 2.24) is 9.97 Å². The van der Waals surface area contributed by atoms with Crippen LogP contribution in [0.3, 0.4) is 0 Å². The van der Waals surface area contributed by atoms with Gasteiger partial charge in [-0.3, -0.25) is 0 Å². The van der Waals surface area contributed by atoms with Crippen molar-refractivity contribution in [3.05, 3.63) is 81.6 Å². The first-order valence-corrected chi connectivity index (χ1v) is 10.7. The van der Waals surface area contributed by atoms with E-state index in [0.29, 0.717) is 33.9 Å². The first-order chi connectivity index (χ1) is 14.5. The third-order valence-corrected chi connectivity index (χ3v) is 5.88. The van der Waals surface area contributed by atoms with Crippen LogP contribution in [-0.4, -0.2) is 22.7 Å². The zero-order valence-corrected chi connectivity index (χ0v) is 18.5. The number of halogens is 2. The van der Waals surface area contributed by atoms with Crippen LogP contribution in [-0.2, 0) is 11.2 Å². The molecule has 0 spiro atoms. The standard InChI is InChI=1S/C24H23Cl2N3O/c1-4-20-24(27-14(3)22(28-20)18-11-10-16(25)13-19(18)26)29-23-17-9-7-6-8-15(17)12-21(23)30-5-2/h4,6-11,13,21,23H,1,5,12H2,2-3H3,(H,27,29). The quantitative estimate of drug-likeness (QED) is 0.474. The van der Waals surface area contributed by atoms with Gasteiger partial charge in [0.2, 0.25) is 0 Å². The van der Waals surface area contributed by atoms with Crippen LogP contribution < -0.4 is 5.32 Å². The molecule has 2 atom stereocenters. The molecule has 1 aliphatic carbocycles. The Hall–Kier alpha value is -2.40. The normalized spacial score (nSPS) is 17.6. The minimum atomic E-state index is -0.00137. The lowest BCUT2D eigenvalue weighted by atomic mass is 10.1. The molecular formula is C24H23Cl2N3O. The highest BCUT2D eigenvalue weighted by Crippen LogP contribution is 2.37. The van der Waals surface area contributed by atoms with Gasteiger partial charge in [0.25, 0.3) is 0 Å². The number of nitrogens with one attached hydrogen (secondary N) is 1. The van der Waals surface area contributed by atoms with Crippen molar-refractivity contribution in [2.24, 2.45) is 0 Å². The lowest BCUT2D eigenvalue weighted by Gasteiger charge is -2.23. The molecule has 0 aliphatic heterocycles. The minimum Gasteiger partial charge on any atom is -0.376 e. The average Bonchev–Trinajstić information content (AvgIpc) is 3.06. The zero-order valence-electron chi connectivity index (χ0n) is 17.0. The molecule has 1 heterocycles. The zero-order chi connectivity index (χ0) is 21.3. The number of anilines is 1. The molecule has 6 heteroatoms. The van der Waals surface area contributed by atoms with Crippen LogP contribution in [0.1, 0.15) is 35.5 Å². The Morgan fingerprint density at radius 1 is 1.20 bits per heavy atom. The largest absolute Gasteiger partial charge is 0.376 e. The molecule has 0 radical (unpaired) electrons. The van der Waals surface area contributed by atoms with Crippen molar-refractivity contribution in [3.63, 3.8) is 0 Å². The minimum absolute atomic E-state index is 0.00137. The highest BCUT2D eigenvalue weighted by atomic mass is 35.5. The third kappa shape index (κ3) is 3.95. The number of ether oxygens (including phenoxy) is 1. The van der Waals surface area contributed by atoms with Gasteiger partial charge in [0, 0.05) is 23.6 Å². The monoisotopic (exact) mass is 439 g/mol. The van der Waals surface area contributed by atoms with E-state index in [-0.39, 0.29) is 12.1 Å². The van der Waals surface area contributed by atoms with E-state index in [4.69, 9.17) is 37.9 Å². The molecule has 1 aliphatic rings. The molecule has 154 valence electrons. The highest BCUT2D eigenvalue weighted by Gasteiger charge is 2.33. The van der Waals surface area contributed by atoms with E-state index in [1.165, 1.54) is 11.1 Å². The SMILES string of the molecule is C=Cc1nc(-c2ccc(Cl)cc2Cl)c(C)nc1NC1c2ccccc2CC1OCC. The Morgan fingerprint density at radius 2 is 2.00 bits per heavy atom. The second-order valence-corrected chi connectivity index (χ2v) is 8.08. The molecule has 0 saturated heterocycles. The summed E-state index contributed by atoms with van der Waals surface area (Å²) in [5.74, 6) is 0.683. The fourth-order valence-electron chi connectivity index (χ4n) is 3.96. The van der Waals surface area contributed by atoms with Gasteiger partial charge in [-0.25, -0.2) is 9.97 Å². The van der Waals surface area contributed by atoms with E-state index in [9.17, 15) is 0 Å². The summed E-state index contributed by atoms with van der Waals surface area (Å²) in [4.78, 5) is 9.63. The lowest BCUT2D eigenvalue weighted by molar-refractivity contribution is 0.0573. The summed E-state index contributed by atoms with van der Waals surface area (Å²) >= 11 is 12.5. The Morgan fingerprint density at radius 3 is 2.73 bits per heavy atom. The Bertz CT molecular complexity index is 1100. The molecule has 4 rings (SSSR count). The van der Waals surface area contributed by atoms with E-state index in [1.807, 2.05) is 19.9 Å². The van der Waals surface area contributed by atoms with Gasteiger partial charge in [0.15, 0.2) is 5.82 Å². The predicted molar refractivity (Wildman–Crippen MR) is 124 cm³/mol.